The Kier molecular flexibility index (Phi) is 1.42. The number of hydrogen-bond acceptors (Lipinski definition) is 4. The molecular formula is C7H6N4O2. The third kappa shape index (κ3) is 0.994. The quantitative estimate of drug-likeness (QED) is 0.641. The second kappa shape index (κ2) is 2.44. The number of carboxylic acids is 1. The van der Waals surface area contributed by atoms with Gasteiger partial charge >= 0.3 is 5.97 Å². The molecule has 2 aromatic rings. The summed E-state index contributed by atoms with van der Waals surface area (Å²) in [6.07, 6.45) is 4.42. The summed E-state index contributed by atoms with van der Waals surface area (Å²) in [5.41, 5.74) is 5.81. The number of anilines is 1. The maximum absolute atomic E-state index is 10.7. The van der Waals surface area contributed by atoms with Crippen molar-refractivity contribution in [2.24, 2.45) is 0 Å². The van der Waals surface area contributed by atoms with Crippen LogP contribution in [0.3, 0.4) is 0 Å². The Hall–Kier alpha value is -2.11. The van der Waals surface area contributed by atoms with Gasteiger partial charge in [0.1, 0.15) is 0 Å². The molecule has 2 rings (SSSR count). The third-order valence-corrected chi connectivity index (χ3v) is 1.66. The predicted molar refractivity (Wildman–Crippen MR) is 44.4 cm³/mol. The molecule has 6 nitrogen and oxygen atoms in total. The number of fused-ring (bicyclic) bond motifs is 1. The minimum Gasteiger partial charge on any atom is -0.476 e. The summed E-state index contributed by atoms with van der Waals surface area (Å²) in [5, 5.41) is 8.79. The van der Waals surface area contributed by atoms with Crippen LogP contribution >= 0.6 is 0 Å². The lowest BCUT2D eigenvalue weighted by atomic mass is 10.4. The standard InChI is InChI=1S/C7H6N4O2/c8-6-5(7(12)13)11-2-1-9-3-4(11)10-6/h1-3H,8H2,(H,12,13). The first kappa shape index (κ1) is 7.53. The van der Waals surface area contributed by atoms with Crippen molar-refractivity contribution < 1.29 is 9.90 Å². The number of nitrogen functional groups attached to an aromatic ring is 1. The molecule has 2 aromatic heterocycles. The van der Waals surface area contributed by atoms with Gasteiger partial charge < -0.3 is 10.8 Å². The Bertz CT molecular complexity index is 476. The molecule has 0 unspecified atom stereocenters. The molecule has 66 valence electrons. The van der Waals surface area contributed by atoms with Crippen molar-refractivity contribution in [3.05, 3.63) is 24.3 Å². The number of aromatic nitrogens is 3. The van der Waals surface area contributed by atoms with Gasteiger partial charge in [-0.1, -0.05) is 0 Å². The van der Waals surface area contributed by atoms with E-state index >= 15 is 0 Å². The lowest BCUT2D eigenvalue weighted by Crippen LogP contribution is -2.04. The lowest BCUT2D eigenvalue weighted by molar-refractivity contribution is 0.0690. The lowest BCUT2D eigenvalue weighted by Gasteiger charge is -1.94. The van der Waals surface area contributed by atoms with Gasteiger partial charge in [-0.3, -0.25) is 9.38 Å². The molecule has 0 aliphatic carbocycles. The van der Waals surface area contributed by atoms with Gasteiger partial charge in [0.2, 0.25) is 0 Å². The maximum atomic E-state index is 10.7. The third-order valence-electron chi connectivity index (χ3n) is 1.66. The van der Waals surface area contributed by atoms with E-state index in [1.54, 1.807) is 0 Å². The first-order chi connectivity index (χ1) is 6.20. The largest absolute Gasteiger partial charge is 0.476 e. The summed E-state index contributed by atoms with van der Waals surface area (Å²) in [6.45, 7) is 0. The highest BCUT2D eigenvalue weighted by molar-refractivity contribution is 5.92. The van der Waals surface area contributed by atoms with Crippen LogP contribution in [0, 0.1) is 0 Å². The molecule has 0 radical (unpaired) electrons. The van der Waals surface area contributed by atoms with Crippen molar-refractivity contribution in [3.63, 3.8) is 0 Å². The van der Waals surface area contributed by atoms with Crippen molar-refractivity contribution in [2.45, 2.75) is 0 Å². The number of carboxylic acid groups (broad SMARTS) is 1. The van der Waals surface area contributed by atoms with Crippen LogP contribution in [0.1, 0.15) is 10.5 Å². The van der Waals surface area contributed by atoms with Crippen LogP contribution in [0.5, 0.6) is 0 Å². The number of carbonyl (C=O) groups is 1. The van der Waals surface area contributed by atoms with Gasteiger partial charge in [-0.05, 0) is 0 Å². The second-order valence-corrected chi connectivity index (χ2v) is 2.46. The van der Waals surface area contributed by atoms with E-state index in [1.165, 1.54) is 23.0 Å². The predicted octanol–water partition coefficient (Wildman–Crippen LogP) is 0.00970. The summed E-state index contributed by atoms with van der Waals surface area (Å²) < 4.78 is 1.38. The van der Waals surface area contributed by atoms with Crippen molar-refractivity contribution in [2.75, 3.05) is 5.73 Å². The molecule has 0 atom stereocenters. The van der Waals surface area contributed by atoms with E-state index in [1.807, 2.05) is 0 Å². The fraction of sp³-hybridized carbons (Fsp3) is 0. The minimum absolute atomic E-state index is 0.000463. The van der Waals surface area contributed by atoms with Crippen LogP contribution in [-0.2, 0) is 0 Å². The van der Waals surface area contributed by atoms with E-state index in [9.17, 15) is 4.79 Å². The number of hydrogen-bond donors (Lipinski definition) is 2. The first-order valence-electron chi connectivity index (χ1n) is 3.51. The van der Waals surface area contributed by atoms with E-state index in [-0.39, 0.29) is 11.5 Å². The van der Waals surface area contributed by atoms with E-state index in [2.05, 4.69) is 9.97 Å². The van der Waals surface area contributed by atoms with E-state index < -0.39 is 5.97 Å². The minimum atomic E-state index is -1.10. The van der Waals surface area contributed by atoms with Gasteiger partial charge in [-0.25, -0.2) is 9.78 Å². The van der Waals surface area contributed by atoms with Crippen molar-refractivity contribution in [1.82, 2.24) is 14.4 Å². The molecule has 0 amide bonds. The number of aromatic carboxylic acids is 1. The molecular weight excluding hydrogens is 172 g/mol. The zero-order valence-corrected chi connectivity index (χ0v) is 6.51. The van der Waals surface area contributed by atoms with Crippen LogP contribution in [-0.4, -0.2) is 25.4 Å². The monoisotopic (exact) mass is 178 g/mol. The maximum Gasteiger partial charge on any atom is 0.356 e. The zero-order chi connectivity index (χ0) is 9.42. The summed E-state index contributed by atoms with van der Waals surface area (Å²) >= 11 is 0. The smallest absolute Gasteiger partial charge is 0.356 e. The number of nitrogens with zero attached hydrogens (tertiary/aromatic N) is 3. The molecule has 0 aromatic carbocycles. The summed E-state index contributed by atoms with van der Waals surface area (Å²) in [4.78, 5) is 18.4. The van der Waals surface area contributed by atoms with Crippen LogP contribution in [0.2, 0.25) is 0 Å². The SMILES string of the molecule is Nc1nc2cnccn2c1C(=O)O. The highest BCUT2D eigenvalue weighted by Gasteiger charge is 2.15. The Morgan fingerprint density at radius 2 is 2.38 bits per heavy atom. The van der Waals surface area contributed by atoms with Crippen LogP contribution in [0.4, 0.5) is 5.82 Å². The Labute approximate surface area is 72.6 Å². The van der Waals surface area contributed by atoms with Gasteiger partial charge in [0, 0.05) is 12.4 Å². The summed E-state index contributed by atoms with van der Waals surface area (Å²) in [7, 11) is 0. The molecule has 0 saturated carbocycles. The Balaban J connectivity index is 2.86. The topological polar surface area (TPSA) is 93.5 Å². The molecule has 2 heterocycles. The van der Waals surface area contributed by atoms with Crippen LogP contribution in [0.15, 0.2) is 18.6 Å². The second-order valence-electron chi connectivity index (χ2n) is 2.46. The van der Waals surface area contributed by atoms with Crippen LogP contribution < -0.4 is 5.73 Å². The van der Waals surface area contributed by atoms with Gasteiger partial charge in [-0.15, -0.1) is 0 Å². The van der Waals surface area contributed by atoms with Gasteiger partial charge in [0.15, 0.2) is 17.2 Å². The van der Waals surface area contributed by atoms with E-state index in [4.69, 9.17) is 10.8 Å². The van der Waals surface area contributed by atoms with Gasteiger partial charge in [-0.2, -0.15) is 0 Å². The number of imidazole rings is 1. The summed E-state index contributed by atoms with van der Waals surface area (Å²) in [6, 6.07) is 0. The fourth-order valence-corrected chi connectivity index (χ4v) is 1.14. The van der Waals surface area contributed by atoms with Crippen molar-refractivity contribution in [3.8, 4) is 0 Å². The van der Waals surface area contributed by atoms with Gasteiger partial charge in [0.05, 0.1) is 6.20 Å². The van der Waals surface area contributed by atoms with E-state index in [0.29, 0.717) is 5.65 Å². The highest BCUT2D eigenvalue weighted by Crippen LogP contribution is 2.12. The average molecular weight is 178 g/mol. The van der Waals surface area contributed by atoms with E-state index in [0.717, 1.165) is 0 Å². The molecule has 3 N–H and O–H groups in total. The Morgan fingerprint density at radius 1 is 1.62 bits per heavy atom. The van der Waals surface area contributed by atoms with Crippen molar-refractivity contribution in [1.29, 1.82) is 0 Å². The highest BCUT2D eigenvalue weighted by atomic mass is 16.4. The molecule has 0 aliphatic heterocycles. The molecule has 6 heteroatoms. The molecule has 0 saturated heterocycles. The Morgan fingerprint density at radius 3 is 3.08 bits per heavy atom. The van der Waals surface area contributed by atoms with Gasteiger partial charge in [0.25, 0.3) is 0 Å². The van der Waals surface area contributed by atoms with Crippen LogP contribution in [0.25, 0.3) is 5.65 Å². The normalized spacial score (nSPS) is 10.5. The molecule has 0 bridgehead atoms. The molecule has 0 aliphatic rings. The van der Waals surface area contributed by atoms with Crippen molar-refractivity contribution >= 4 is 17.4 Å². The molecule has 13 heavy (non-hydrogen) atoms. The first-order valence-corrected chi connectivity index (χ1v) is 3.51. The molecule has 0 fully saturated rings. The molecule has 0 spiro atoms. The fourth-order valence-electron chi connectivity index (χ4n) is 1.14. The average Bonchev–Trinajstić information content (AvgIpc) is 2.39. The number of rotatable bonds is 1. The summed E-state index contributed by atoms with van der Waals surface area (Å²) in [5.74, 6) is -1.10. The number of nitrogens with two attached hydrogens (primary N) is 1. The zero-order valence-electron chi connectivity index (χ0n) is 6.51.